The van der Waals surface area contributed by atoms with Crippen molar-refractivity contribution in [1.29, 1.82) is 0 Å². The van der Waals surface area contributed by atoms with Gasteiger partial charge in [0.15, 0.2) is 0 Å². The highest BCUT2D eigenvalue weighted by molar-refractivity contribution is 7.92. The maximum atomic E-state index is 14.0. The zero-order valence-electron chi connectivity index (χ0n) is 24.9. The monoisotopic (exact) mass is 647 g/mol. The molecule has 0 aliphatic rings. The number of carbonyl (C=O) groups excluding carboxylic acids is 2. The van der Waals surface area contributed by atoms with Crippen molar-refractivity contribution in [3.05, 3.63) is 94.0 Å². The standard InChI is InChI=1S/C32H39Cl2N3O5S/c1-5-23(2)35-32(39)29(20-24-12-7-6-8-13-24)36(22-25-14-9-10-15-27(25)33)31(38)16-11-19-37(43(4,40)41)26-17-18-30(42-3)28(34)21-26/h6-10,12-15,17-18,21,23,29H,5,11,16,19-20,22H2,1-4H3,(H,35,39)/t23-,29-/m0/s1. The molecule has 0 spiro atoms. The van der Waals surface area contributed by atoms with Gasteiger partial charge in [0.1, 0.15) is 11.8 Å². The number of halogens is 2. The molecule has 8 nitrogen and oxygen atoms in total. The van der Waals surface area contributed by atoms with Crippen LogP contribution in [0.25, 0.3) is 0 Å². The second-order valence-electron chi connectivity index (χ2n) is 10.4. The van der Waals surface area contributed by atoms with Gasteiger partial charge in [0.05, 0.1) is 24.1 Å². The van der Waals surface area contributed by atoms with E-state index in [0.29, 0.717) is 28.4 Å². The van der Waals surface area contributed by atoms with E-state index in [-0.39, 0.29) is 48.8 Å². The maximum Gasteiger partial charge on any atom is 0.243 e. The fraction of sp³-hybridized carbons (Fsp3) is 0.375. The molecule has 3 aromatic rings. The number of hydrogen-bond acceptors (Lipinski definition) is 5. The van der Waals surface area contributed by atoms with Crippen molar-refractivity contribution in [1.82, 2.24) is 10.2 Å². The highest BCUT2D eigenvalue weighted by atomic mass is 35.5. The van der Waals surface area contributed by atoms with Crippen LogP contribution in [0, 0.1) is 0 Å². The molecule has 11 heteroatoms. The van der Waals surface area contributed by atoms with E-state index < -0.39 is 16.1 Å². The van der Waals surface area contributed by atoms with Crippen LogP contribution in [-0.4, -0.2) is 57.1 Å². The van der Waals surface area contributed by atoms with Gasteiger partial charge in [0.2, 0.25) is 21.8 Å². The van der Waals surface area contributed by atoms with Crippen molar-refractivity contribution in [2.45, 2.75) is 58.2 Å². The summed E-state index contributed by atoms with van der Waals surface area (Å²) in [4.78, 5) is 29.2. The first kappa shape index (κ1) is 34.2. The number of sulfonamides is 1. The number of ether oxygens (including phenoxy) is 1. The van der Waals surface area contributed by atoms with Crippen molar-refractivity contribution in [2.75, 3.05) is 24.2 Å². The average molecular weight is 649 g/mol. The van der Waals surface area contributed by atoms with Crippen LogP contribution < -0.4 is 14.4 Å². The predicted octanol–water partition coefficient (Wildman–Crippen LogP) is 6.10. The third kappa shape index (κ3) is 9.88. The Morgan fingerprint density at radius 2 is 1.65 bits per heavy atom. The van der Waals surface area contributed by atoms with Crippen molar-refractivity contribution in [3.8, 4) is 5.75 Å². The van der Waals surface area contributed by atoms with Gasteiger partial charge in [-0.25, -0.2) is 8.42 Å². The van der Waals surface area contributed by atoms with Gasteiger partial charge in [-0.05, 0) is 55.2 Å². The summed E-state index contributed by atoms with van der Waals surface area (Å²) in [6, 6.07) is 20.6. The molecule has 3 aromatic carbocycles. The molecule has 232 valence electrons. The first-order valence-corrected chi connectivity index (χ1v) is 16.7. The van der Waals surface area contributed by atoms with Crippen molar-refractivity contribution in [2.24, 2.45) is 0 Å². The minimum atomic E-state index is -3.69. The number of carbonyl (C=O) groups is 2. The van der Waals surface area contributed by atoms with Gasteiger partial charge in [-0.2, -0.15) is 0 Å². The second-order valence-corrected chi connectivity index (χ2v) is 13.1. The van der Waals surface area contributed by atoms with E-state index in [4.69, 9.17) is 27.9 Å². The van der Waals surface area contributed by atoms with Crippen molar-refractivity contribution in [3.63, 3.8) is 0 Å². The minimum Gasteiger partial charge on any atom is -0.495 e. The van der Waals surface area contributed by atoms with Crippen LogP contribution in [0.5, 0.6) is 5.75 Å². The Hall–Kier alpha value is -3.27. The molecule has 0 aromatic heterocycles. The molecule has 0 bridgehead atoms. The number of methoxy groups -OCH3 is 1. The smallest absolute Gasteiger partial charge is 0.243 e. The Kier molecular flexibility index (Phi) is 12.7. The third-order valence-corrected chi connectivity index (χ3v) is 9.00. The Balaban J connectivity index is 1.90. The zero-order valence-corrected chi connectivity index (χ0v) is 27.3. The van der Waals surface area contributed by atoms with Gasteiger partial charge in [-0.1, -0.05) is 78.7 Å². The summed E-state index contributed by atoms with van der Waals surface area (Å²) >= 11 is 12.8. The number of rotatable bonds is 15. The third-order valence-electron chi connectivity index (χ3n) is 7.15. The van der Waals surface area contributed by atoms with E-state index in [1.807, 2.05) is 56.3 Å². The van der Waals surface area contributed by atoms with Crippen LogP contribution in [0.1, 0.15) is 44.2 Å². The Labute approximate surface area is 265 Å². The van der Waals surface area contributed by atoms with Crippen molar-refractivity contribution >= 4 is 50.7 Å². The van der Waals surface area contributed by atoms with Gasteiger partial charge in [-0.15, -0.1) is 0 Å². The molecule has 2 atom stereocenters. The summed E-state index contributed by atoms with van der Waals surface area (Å²) in [6.07, 6.45) is 2.35. The number of benzene rings is 3. The summed E-state index contributed by atoms with van der Waals surface area (Å²) in [5.41, 5.74) is 1.98. The molecule has 0 aliphatic heterocycles. The molecule has 0 aliphatic carbocycles. The lowest BCUT2D eigenvalue weighted by Crippen LogP contribution is -2.52. The van der Waals surface area contributed by atoms with Crippen LogP contribution in [-0.2, 0) is 32.6 Å². The molecular formula is C32H39Cl2N3O5S. The van der Waals surface area contributed by atoms with Crippen LogP contribution >= 0.6 is 23.2 Å². The summed E-state index contributed by atoms with van der Waals surface area (Å²) in [6.45, 7) is 4.06. The van der Waals surface area contributed by atoms with E-state index in [1.165, 1.54) is 17.5 Å². The predicted molar refractivity (Wildman–Crippen MR) is 173 cm³/mol. The Morgan fingerprint density at radius 3 is 2.26 bits per heavy atom. The zero-order chi connectivity index (χ0) is 31.6. The SMILES string of the molecule is CC[C@H](C)NC(=O)[C@H](Cc1ccccc1)N(Cc1ccccc1Cl)C(=O)CCCN(c1ccc(OC)c(Cl)c1)S(C)(=O)=O. The fourth-order valence-corrected chi connectivity index (χ4v) is 6.02. The largest absolute Gasteiger partial charge is 0.495 e. The summed E-state index contributed by atoms with van der Waals surface area (Å²) in [5, 5.41) is 3.80. The second kappa shape index (κ2) is 16.0. The summed E-state index contributed by atoms with van der Waals surface area (Å²) < 4.78 is 31.8. The molecule has 0 radical (unpaired) electrons. The van der Waals surface area contributed by atoms with E-state index in [9.17, 15) is 18.0 Å². The maximum absolute atomic E-state index is 14.0. The first-order chi connectivity index (χ1) is 20.4. The van der Waals surface area contributed by atoms with E-state index >= 15 is 0 Å². The molecule has 0 unspecified atom stereocenters. The van der Waals surface area contributed by atoms with Gasteiger partial charge < -0.3 is 15.0 Å². The molecule has 0 heterocycles. The molecule has 1 N–H and O–H groups in total. The lowest BCUT2D eigenvalue weighted by molar-refractivity contribution is -0.141. The van der Waals surface area contributed by atoms with E-state index in [1.54, 1.807) is 29.2 Å². The van der Waals surface area contributed by atoms with E-state index in [0.717, 1.165) is 18.2 Å². The van der Waals surface area contributed by atoms with Crippen LogP contribution in [0.4, 0.5) is 5.69 Å². The molecular weight excluding hydrogens is 609 g/mol. The van der Waals surface area contributed by atoms with Crippen molar-refractivity contribution < 1.29 is 22.7 Å². The highest BCUT2D eigenvalue weighted by Gasteiger charge is 2.31. The molecule has 2 amide bonds. The van der Waals surface area contributed by atoms with Gasteiger partial charge in [-0.3, -0.25) is 13.9 Å². The lowest BCUT2D eigenvalue weighted by Gasteiger charge is -2.33. The normalized spacial score (nSPS) is 12.7. The molecule has 0 saturated heterocycles. The molecule has 43 heavy (non-hydrogen) atoms. The number of nitrogens with zero attached hydrogens (tertiary/aromatic N) is 2. The van der Waals surface area contributed by atoms with Crippen LogP contribution in [0.3, 0.4) is 0 Å². The average Bonchev–Trinajstić information content (AvgIpc) is 2.97. The number of hydrogen-bond donors (Lipinski definition) is 1. The topological polar surface area (TPSA) is 96.0 Å². The Bertz CT molecular complexity index is 1490. The first-order valence-electron chi connectivity index (χ1n) is 14.1. The minimum absolute atomic E-state index is 0.00224. The molecule has 0 fully saturated rings. The summed E-state index contributed by atoms with van der Waals surface area (Å²) in [7, 11) is -2.21. The summed E-state index contributed by atoms with van der Waals surface area (Å²) in [5.74, 6) is -0.130. The van der Waals surface area contributed by atoms with Gasteiger partial charge in [0, 0.05) is 37.0 Å². The lowest BCUT2D eigenvalue weighted by atomic mass is 10.0. The van der Waals surface area contributed by atoms with Gasteiger partial charge in [0.25, 0.3) is 0 Å². The van der Waals surface area contributed by atoms with Gasteiger partial charge >= 0.3 is 0 Å². The van der Waals surface area contributed by atoms with Crippen LogP contribution in [0.15, 0.2) is 72.8 Å². The van der Waals surface area contributed by atoms with Crippen LogP contribution in [0.2, 0.25) is 10.0 Å². The van der Waals surface area contributed by atoms with E-state index in [2.05, 4.69) is 5.32 Å². The number of amides is 2. The quantitative estimate of drug-likeness (QED) is 0.215. The molecule has 0 saturated carbocycles. The molecule has 3 rings (SSSR count). The number of anilines is 1. The highest BCUT2D eigenvalue weighted by Crippen LogP contribution is 2.30. The fourth-order valence-electron chi connectivity index (χ4n) is 4.62. The Morgan fingerprint density at radius 1 is 0.977 bits per heavy atom. The number of nitrogens with one attached hydrogen (secondary N) is 1.